The molecule has 0 N–H and O–H groups in total. The van der Waals surface area contributed by atoms with E-state index in [9.17, 15) is 0 Å². The van der Waals surface area contributed by atoms with Gasteiger partial charge in [0.25, 0.3) is 0 Å². The Morgan fingerprint density at radius 3 is 2.19 bits per heavy atom. The van der Waals surface area contributed by atoms with E-state index in [4.69, 9.17) is 0 Å². The third-order valence-corrected chi connectivity index (χ3v) is 3.13. The van der Waals surface area contributed by atoms with Crippen molar-refractivity contribution in [3.8, 4) is 0 Å². The summed E-state index contributed by atoms with van der Waals surface area (Å²) in [6, 6.07) is 8.75. The summed E-state index contributed by atoms with van der Waals surface area (Å²) in [5.41, 5.74) is 2.57. The molecular weight excluding hydrogens is 196 g/mol. The van der Waals surface area contributed by atoms with E-state index >= 15 is 0 Å². The van der Waals surface area contributed by atoms with Crippen molar-refractivity contribution in [1.82, 2.24) is 0 Å². The van der Waals surface area contributed by atoms with Crippen molar-refractivity contribution >= 4 is 11.9 Å². The Morgan fingerprint density at radius 2 is 1.62 bits per heavy atom. The minimum absolute atomic E-state index is 1.22. The molecule has 2 nitrogen and oxygen atoms in total. The molecule has 1 aliphatic heterocycles. The highest BCUT2D eigenvalue weighted by molar-refractivity contribution is 5.76. The van der Waals surface area contributed by atoms with E-state index in [-0.39, 0.29) is 0 Å². The highest BCUT2D eigenvalue weighted by atomic mass is 15.1. The van der Waals surface area contributed by atoms with E-state index in [2.05, 4.69) is 54.1 Å². The lowest BCUT2D eigenvalue weighted by Crippen LogP contribution is -2.21. The van der Waals surface area contributed by atoms with Crippen molar-refractivity contribution in [2.45, 2.75) is 19.3 Å². The Hall–Kier alpha value is -1.31. The van der Waals surface area contributed by atoms with E-state index in [0.29, 0.717) is 0 Å². The van der Waals surface area contributed by atoms with Gasteiger partial charge < -0.3 is 4.90 Å². The molecule has 1 saturated heterocycles. The molecule has 0 aromatic heterocycles. The predicted octanol–water partition coefficient (Wildman–Crippen LogP) is 2.37. The van der Waals surface area contributed by atoms with Gasteiger partial charge >= 0.3 is 0 Å². The predicted molar refractivity (Wildman–Crippen MR) is 69.8 cm³/mol. The van der Waals surface area contributed by atoms with E-state index in [1.165, 1.54) is 43.6 Å². The van der Waals surface area contributed by atoms with Crippen LogP contribution in [0.3, 0.4) is 0 Å². The zero-order valence-corrected chi connectivity index (χ0v) is 10.3. The molecule has 0 bridgehead atoms. The zero-order chi connectivity index (χ0) is 11.4. The Balaban J connectivity index is 2.09. The topological polar surface area (TPSA) is 6.25 Å². The number of anilines is 1. The summed E-state index contributed by atoms with van der Waals surface area (Å²) < 4.78 is 2.44. The lowest BCUT2D eigenvalue weighted by Gasteiger charge is -2.12. The molecule has 0 atom stereocenters. The maximum atomic E-state index is 2.44. The van der Waals surface area contributed by atoms with Crippen LogP contribution >= 0.6 is 0 Å². The van der Waals surface area contributed by atoms with Crippen LogP contribution in [0.25, 0.3) is 0 Å². The van der Waals surface area contributed by atoms with Crippen LogP contribution in [0, 0.1) is 0 Å². The number of hydrogen-bond donors (Lipinski definition) is 0. The van der Waals surface area contributed by atoms with Gasteiger partial charge in [0.2, 0.25) is 0 Å². The van der Waals surface area contributed by atoms with Crippen LogP contribution in [-0.4, -0.2) is 38.0 Å². The van der Waals surface area contributed by atoms with Crippen molar-refractivity contribution in [2.24, 2.45) is 0 Å². The summed E-state index contributed by atoms with van der Waals surface area (Å²) in [6.07, 6.45) is 6.36. The minimum Gasteiger partial charge on any atom is -0.378 e. The van der Waals surface area contributed by atoms with Crippen LogP contribution in [0.2, 0.25) is 0 Å². The third kappa shape index (κ3) is 2.84. The van der Waals surface area contributed by atoms with E-state index in [0.717, 1.165) is 0 Å². The maximum absolute atomic E-state index is 2.44. The Labute approximate surface area is 98.2 Å². The summed E-state index contributed by atoms with van der Waals surface area (Å²) in [4.78, 5) is 2.13. The first-order valence-corrected chi connectivity index (χ1v) is 6.12. The zero-order valence-electron chi connectivity index (χ0n) is 10.3. The second kappa shape index (κ2) is 5.15. The summed E-state index contributed by atoms with van der Waals surface area (Å²) in [6.45, 7) is 2.44. The van der Waals surface area contributed by atoms with E-state index in [1.54, 1.807) is 0 Å². The van der Waals surface area contributed by atoms with E-state index in [1.807, 2.05) is 0 Å². The molecule has 1 aliphatic rings. The average Bonchev–Trinajstić information content (AvgIpc) is 2.31. The fourth-order valence-corrected chi connectivity index (χ4v) is 2.12. The standard InChI is InChI=1S/C14H21N2/c1-15(2)14-8-6-13(7-9-14)12-16-10-4-3-5-11-16/h6-9,12H,3-5,10-11H2,1-2H3/q+1. The van der Waals surface area contributed by atoms with Gasteiger partial charge in [-0.3, -0.25) is 0 Å². The van der Waals surface area contributed by atoms with Crippen LogP contribution < -0.4 is 4.90 Å². The summed E-state index contributed by atoms with van der Waals surface area (Å²) in [5, 5.41) is 0. The second-order valence-electron chi connectivity index (χ2n) is 4.71. The summed E-state index contributed by atoms with van der Waals surface area (Å²) in [7, 11) is 4.15. The SMILES string of the molecule is CN(C)c1ccc(C=[N+]2CCCCC2)cc1. The summed E-state index contributed by atoms with van der Waals surface area (Å²) in [5.74, 6) is 0. The number of benzene rings is 1. The molecule has 86 valence electrons. The Kier molecular flexibility index (Phi) is 3.60. The van der Waals surface area contributed by atoms with Gasteiger partial charge in [0.05, 0.1) is 0 Å². The van der Waals surface area contributed by atoms with Gasteiger partial charge in [0.1, 0.15) is 13.1 Å². The second-order valence-corrected chi connectivity index (χ2v) is 4.71. The smallest absolute Gasteiger partial charge is 0.170 e. The largest absolute Gasteiger partial charge is 0.378 e. The van der Waals surface area contributed by atoms with Gasteiger partial charge in [0, 0.05) is 38.2 Å². The van der Waals surface area contributed by atoms with Crippen molar-refractivity contribution in [3.63, 3.8) is 0 Å². The molecule has 0 saturated carbocycles. The molecule has 1 heterocycles. The number of rotatable bonds is 2. The molecule has 1 aromatic carbocycles. The molecule has 0 unspecified atom stereocenters. The molecule has 2 heteroatoms. The lowest BCUT2D eigenvalue weighted by molar-refractivity contribution is -0.532. The maximum Gasteiger partial charge on any atom is 0.170 e. The fourth-order valence-electron chi connectivity index (χ4n) is 2.12. The van der Waals surface area contributed by atoms with Crippen LogP contribution in [0.15, 0.2) is 24.3 Å². The number of hydrogen-bond acceptors (Lipinski definition) is 1. The Bertz CT molecular complexity index is 355. The highest BCUT2D eigenvalue weighted by Crippen LogP contribution is 2.11. The first kappa shape index (κ1) is 11.2. The first-order valence-electron chi connectivity index (χ1n) is 6.12. The molecule has 1 aromatic rings. The first-order chi connectivity index (χ1) is 7.75. The van der Waals surface area contributed by atoms with Crippen molar-refractivity contribution in [2.75, 3.05) is 32.1 Å². The molecular formula is C14H21N2+. The van der Waals surface area contributed by atoms with Crippen LogP contribution in [0.4, 0.5) is 5.69 Å². The minimum atomic E-state index is 1.22. The highest BCUT2D eigenvalue weighted by Gasteiger charge is 2.10. The molecule has 1 fully saturated rings. The lowest BCUT2D eigenvalue weighted by atomic mass is 10.1. The van der Waals surface area contributed by atoms with Crippen molar-refractivity contribution in [1.29, 1.82) is 0 Å². The quantitative estimate of drug-likeness (QED) is 0.689. The van der Waals surface area contributed by atoms with Gasteiger partial charge in [-0.25, -0.2) is 4.58 Å². The van der Waals surface area contributed by atoms with Crippen LogP contribution in [0.5, 0.6) is 0 Å². The number of nitrogens with zero attached hydrogens (tertiary/aromatic N) is 2. The van der Waals surface area contributed by atoms with Crippen LogP contribution in [0.1, 0.15) is 24.8 Å². The van der Waals surface area contributed by atoms with Crippen molar-refractivity contribution < 1.29 is 4.58 Å². The van der Waals surface area contributed by atoms with Crippen molar-refractivity contribution in [3.05, 3.63) is 29.8 Å². The van der Waals surface area contributed by atoms with Gasteiger partial charge in [-0.1, -0.05) is 0 Å². The van der Waals surface area contributed by atoms with Crippen LogP contribution in [-0.2, 0) is 0 Å². The normalized spacial score (nSPS) is 16.0. The molecule has 0 aliphatic carbocycles. The molecule has 2 rings (SSSR count). The van der Waals surface area contributed by atoms with Gasteiger partial charge in [0.15, 0.2) is 6.21 Å². The fraction of sp³-hybridized carbons (Fsp3) is 0.500. The molecule has 0 spiro atoms. The average molecular weight is 217 g/mol. The Morgan fingerprint density at radius 1 is 1.00 bits per heavy atom. The monoisotopic (exact) mass is 217 g/mol. The molecule has 0 radical (unpaired) electrons. The third-order valence-electron chi connectivity index (χ3n) is 3.13. The molecule has 0 amide bonds. The van der Waals surface area contributed by atoms with Gasteiger partial charge in [-0.15, -0.1) is 0 Å². The van der Waals surface area contributed by atoms with Gasteiger partial charge in [-0.05, 0) is 30.7 Å². The van der Waals surface area contributed by atoms with E-state index < -0.39 is 0 Å². The summed E-state index contributed by atoms with van der Waals surface area (Å²) >= 11 is 0. The van der Waals surface area contributed by atoms with Gasteiger partial charge in [-0.2, -0.15) is 0 Å². The molecule has 16 heavy (non-hydrogen) atoms. The number of piperidine rings is 1.